The van der Waals surface area contributed by atoms with E-state index in [1.807, 2.05) is 68.4 Å². The molecule has 1 aliphatic heterocycles. The van der Waals surface area contributed by atoms with Crippen LogP contribution in [0, 0.1) is 17.2 Å². The number of hydrogen-bond acceptors (Lipinski definition) is 4. The molecule has 2 unspecified atom stereocenters. The Morgan fingerprint density at radius 1 is 1.03 bits per heavy atom. The van der Waals surface area contributed by atoms with E-state index >= 15 is 0 Å². The van der Waals surface area contributed by atoms with E-state index in [0.717, 1.165) is 23.9 Å². The van der Waals surface area contributed by atoms with Crippen LogP contribution in [0.25, 0.3) is 10.8 Å². The summed E-state index contributed by atoms with van der Waals surface area (Å²) in [6, 6.07) is 25.1. The van der Waals surface area contributed by atoms with Gasteiger partial charge in [0.25, 0.3) is 5.91 Å². The highest BCUT2D eigenvalue weighted by Gasteiger charge is 2.41. The summed E-state index contributed by atoms with van der Waals surface area (Å²) in [5.41, 5.74) is 0.720. The third kappa shape index (κ3) is 6.06. The van der Waals surface area contributed by atoms with Crippen molar-refractivity contribution in [3.63, 3.8) is 0 Å². The zero-order valence-electron chi connectivity index (χ0n) is 20.3. The Balaban J connectivity index is 1.44. The second-order valence-electron chi connectivity index (χ2n) is 9.85. The van der Waals surface area contributed by atoms with Gasteiger partial charge >= 0.3 is 0 Å². The number of benzene rings is 3. The van der Waals surface area contributed by atoms with Crippen LogP contribution >= 0.6 is 0 Å². The summed E-state index contributed by atoms with van der Waals surface area (Å²) >= 11 is 0. The monoisotopic (exact) mass is 468 g/mol. The molecular weight excluding hydrogens is 436 g/mol. The van der Waals surface area contributed by atoms with E-state index in [0.29, 0.717) is 24.9 Å². The summed E-state index contributed by atoms with van der Waals surface area (Å²) in [5.74, 6) is -0.408. The summed E-state index contributed by atoms with van der Waals surface area (Å²) in [5, 5.41) is 17.9. The first-order valence-electron chi connectivity index (χ1n) is 12.2. The lowest BCUT2D eigenvalue weighted by Crippen LogP contribution is -2.56. The van der Waals surface area contributed by atoms with Crippen molar-refractivity contribution in [3.05, 3.63) is 83.9 Å². The molecule has 0 spiro atoms. The molecule has 0 aromatic heterocycles. The largest absolute Gasteiger partial charge is 0.340 e. The maximum Gasteiger partial charge on any atom is 0.251 e. The minimum atomic E-state index is -0.964. The van der Waals surface area contributed by atoms with Crippen molar-refractivity contribution in [1.82, 2.24) is 15.5 Å². The highest BCUT2D eigenvalue weighted by molar-refractivity contribution is 6.00. The molecular formula is C29H32N4O2. The lowest BCUT2D eigenvalue weighted by molar-refractivity contribution is -0.124. The minimum absolute atomic E-state index is 0.193. The summed E-state index contributed by atoms with van der Waals surface area (Å²) in [6.07, 6.45) is 1.04. The third-order valence-electron chi connectivity index (χ3n) is 6.51. The Bertz CT molecular complexity index is 1230. The first kappa shape index (κ1) is 24.4. The van der Waals surface area contributed by atoms with Crippen molar-refractivity contribution in [2.45, 2.75) is 44.8 Å². The van der Waals surface area contributed by atoms with E-state index in [4.69, 9.17) is 0 Å². The van der Waals surface area contributed by atoms with E-state index in [-0.39, 0.29) is 17.7 Å². The topological polar surface area (TPSA) is 85.2 Å². The van der Waals surface area contributed by atoms with Crippen molar-refractivity contribution in [3.8, 4) is 6.07 Å². The molecule has 0 aliphatic carbocycles. The van der Waals surface area contributed by atoms with Crippen molar-refractivity contribution < 1.29 is 9.59 Å². The number of nitriles is 1. The minimum Gasteiger partial charge on any atom is -0.340 e. The smallest absolute Gasteiger partial charge is 0.251 e. The van der Waals surface area contributed by atoms with E-state index in [2.05, 4.69) is 33.7 Å². The number of carbonyl (C=O) groups excluding carboxylic acids is 2. The number of nitrogens with one attached hydrogen (secondary N) is 2. The summed E-state index contributed by atoms with van der Waals surface area (Å²) in [6.45, 7) is 5.94. The molecule has 0 bridgehead atoms. The molecule has 4 rings (SSSR count). The molecule has 1 saturated heterocycles. The van der Waals surface area contributed by atoms with Gasteiger partial charge in [0.15, 0.2) is 0 Å². The van der Waals surface area contributed by atoms with Crippen LogP contribution in [-0.2, 0) is 11.3 Å². The van der Waals surface area contributed by atoms with Gasteiger partial charge in [0.1, 0.15) is 11.6 Å². The Morgan fingerprint density at radius 2 is 1.74 bits per heavy atom. The highest BCUT2D eigenvalue weighted by atomic mass is 16.2. The lowest BCUT2D eigenvalue weighted by atomic mass is 9.97. The molecule has 3 aromatic carbocycles. The Morgan fingerprint density at radius 3 is 2.46 bits per heavy atom. The molecule has 2 atom stereocenters. The molecule has 180 valence electrons. The first-order valence-corrected chi connectivity index (χ1v) is 12.2. The average molecular weight is 469 g/mol. The molecule has 6 nitrogen and oxygen atoms in total. The fourth-order valence-electron chi connectivity index (χ4n) is 4.68. The van der Waals surface area contributed by atoms with Gasteiger partial charge in [-0.05, 0) is 47.2 Å². The highest BCUT2D eigenvalue weighted by Crippen LogP contribution is 2.23. The van der Waals surface area contributed by atoms with Crippen LogP contribution in [0.5, 0.6) is 0 Å². The van der Waals surface area contributed by atoms with Crippen LogP contribution in [0.2, 0.25) is 0 Å². The maximum atomic E-state index is 13.3. The standard InChI is InChI=1S/C29H32N4O2/c1-21(2)16-26(31-27(34)25-13-12-23-10-6-7-11-24(23)17-25)28(35)32-29(19-30)14-15-33(20-29)18-22-8-4-3-5-9-22/h3-13,17,21,26H,14-16,18,20H2,1-2H3,(H,31,34)(H,32,35). The van der Waals surface area contributed by atoms with Crippen LogP contribution in [0.3, 0.4) is 0 Å². The number of carbonyl (C=O) groups is 2. The molecule has 2 amide bonds. The van der Waals surface area contributed by atoms with Gasteiger partial charge in [-0.1, -0.05) is 74.5 Å². The molecule has 1 aliphatic rings. The molecule has 0 saturated carbocycles. The van der Waals surface area contributed by atoms with E-state index in [1.54, 1.807) is 6.07 Å². The number of amides is 2. The Hall–Kier alpha value is -3.69. The van der Waals surface area contributed by atoms with Crippen molar-refractivity contribution in [1.29, 1.82) is 5.26 Å². The Labute approximate surface area is 206 Å². The third-order valence-corrected chi connectivity index (χ3v) is 6.51. The predicted octanol–water partition coefficient (Wildman–Crippen LogP) is 4.27. The summed E-state index contributed by atoms with van der Waals surface area (Å²) < 4.78 is 0. The Kier molecular flexibility index (Phi) is 7.48. The van der Waals surface area contributed by atoms with Gasteiger partial charge in [-0.15, -0.1) is 0 Å². The van der Waals surface area contributed by atoms with E-state index in [9.17, 15) is 14.9 Å². The number of likely N-dealkylation sites (tertiary alicyclic amines) is 1. The summed E-state index contributed by atoms with van der Waals surface area (Å²) in [4.78, 5) is 28.6. The van der Waals surface area contributed by atoms with Crippen molar-refractivity contribution >= 4 is 22.6 Å². The molecule has 1 heterocycles. The van der Waals surface area contributed by atoms with E-state index < -0.39 is 11.6 Å². The second kappa shape index (κ2) is 10.7. The molecule has 2 N–H and O–H groups in total. The number of fused-ring (bicyclic) bond motifs is 1. The van der Waals surface area contributed by atoms with Crippen LogP contribution in [0.15, 0.2) is 72.8 Å². The van der Waals surface area contributed by atoms with Crippen LogP contribution < -0.4 is 10.6 Å². The zero-order valence-corrected chi connectivity index (χ0v) is 20.3. The fourth-order valence-corrected chi connectivity index (χ4v) is 4.68. The van der Waals surface area contributed by atoms with Gasteiger partial charge in [-0.3, -0.25) is 14.5 Å². The van der Waals surface area contributed by atoms with Gasteiger partial charge in [-0.2, -0.15) is 5.26 Å². The number of hydrogen-bond donors (Lipinski definition) is 2. The van der Waals surface area contributed by atoms with Crippen LogP contribution in [0.1, 0.15) is 42.6 Å². The van der Waals surface area contributed by atoms with Crippen molar-refractivity contribution in [2.75, 3.05) is 13.1 Å². The number of nitrogens with zero attached hydrogens (tertiary/aromatic N) is 2. The zero-order chi connectivity index (χ0) is 24.8. The second-order valence-corrected chi connectivity index (χ2v) is 9.85. The normalized spacial score (nSPS) is 18.8. The fraction of sp³-hybridized carbons (Fsp3) is 0.345. The number of rotatable bonds is 8. The van der Waals surface area contributed by atoms with Gasteiger partial charge < -0.3 is 10.6 Å². The SMILES string of the molecule is CC(C)CC(NC(=O)c1ccc2ccccc2c1)C(=O)NC1(C#N)CCN(Cc2ccccc2)C1. The van der Waals surface area contributed by atoms with Gasteiger partial charge in [0.2, 0.25) is 5.91 Å². The molecule has 35 heavy (non-hydrogen) atoms. The van der Waals surface area contributed by atoms with Crippen LogP contribution in [-0.4, -0.2) is 41.4 Å². The summed E-state index contributed by atoms with van der Waals surface area (Å²) in [7, 11) is 0. The molecule has 0 radical (unpaired) electrons. The maximum absolute atomic E-state index is 13.3. The first-order chi connectivity index (χ1) is 16.9. The quantitative estimate of drug-likeness (QED) is 0.517. The lowest BCUT2D eigenvalue weighted by Gasteiger charge is -2.27. The molecule has 1 fully saturated rings. The van der Waals surface area contributed by atoms with E-state index in [1.165, 1.54) is 5.56 Å². The molecule has 3 aromatic rings. The van der Waals surface area contributed by atoms with Gasteiger partial charge in [0.05, 0.1) is 6.07 Å². The van der Waals surface area contributed by atoms with Crippen molar-refractivity contribution in [2.24, 2.45) is 5.92 Å². The average Bonchev–Trinajstić information content (AvgIpc) is 3.26. The predicted molar refractivity (Wildman–Crippen MR) is 137 cm³/mol. The van der Waals surface area contributed by atoms with Crippen LogP contribution in [0.4, 0.5) is 0 Å². The van der Waals surface area contributed by atoms with Gasteiger partial charge in [-0.25, -0.2) is 0 Å². The molecule has 6 heteroatoms. The van der Waals surface area contributed by atoms with Gasteiger partial charge in [0, 0.05) is 25.2 Å².